The van der Waals surface area contributed by atoms with Crippen LogP contribution in [0.5, 0.6) is 0 Å². The third-order valence-corrected chi connectivity index (χ3v) is 5.70. The van der Waals surface area contributed by atoms with Gasteiger partial charge in [0.15, 0.2) is 10.9 Å². The van der Waals surface area contributed by atoms with Crippen LogP contribution in [0.3, 0.4) is 0 Å². The Hall–Kier alpha value is -4.06. The molecule has 32 heavy (non-hydrogen) atoms. The van der Waals surface area contributed by atoms with Crippen LogP contribution in [0.25, 0.3) is 12.0 Å². The molecular weight excluding hydrogens is 402 g/mol. The van der Waals surface area contributed by atoms with Crippen LogP contribution in [0.2, 0.25) is 0 Å². The van der Waals surface area contributed by atoms with Crippen LogP contribution < -0.4 is 37.3 Å². The van der Waals surface area contributed by atoms with E-state index in [1.54, 1.807) is 12.1 Å². The monoisotopic (exact) mass is 425 g/mol. The molecule has 6 heteroatoms. The largest absolute Gasteiger partial charge is 0.515 e. The van der Waals surface area contributed by atoms with Crippen LogP contribution in [-0.4, -0.2) is 5.11 Å². The highest BCUT2D eigenvalue weighted by Gasteiger charge is 2.10. The number of hydrogen-bond acceptors (Lipinski definition) is 6. The van der Waals surface area contributed by atoms with Gasteiger partial charge in [-0.1, -0.05) is 37.6 Å². The van der Waals surface area contributed by atoms with E-state index in [1.165, 1.54) is 12.1 Å². The average Bonchev–Trinajstić information content (AvgIpc) is 2.80. The summed E-state index contributed by atoms with van der Waals surface area (Å²) >= 11 is 0. The summed E-state index contributed by atoms with van der Waals surface area (Å²) in [7, 11) is 0. The summed E-state index contributed by atoms with van der Waals surface area (Å²) in [6.45, 7) is 2.09. The van der Waals surface area contributed by atoms with Crippen molar-refractivity contribution >= 4 is 17.6 Å². The first-order chi connectivity index (χ1) is 15.5. The van der Waals surface area contributed by atoms with Gasteiger partial charge in [0.25, 0.3) is 0 Å². The second-order valence-electron chi connectivity index (χ2n) is 7.72. The zero-order valence-electron chi connectivity index (χ0n) is 17.7. The molecule has 0 saturated carbocycles. The fourth-order valence-electron chi connectivity index (χ4n) is 4.01. The molecule has 0 saturated heterocycles. The predicted octanol–water partition coefficient (Wildman–Crippen LogP) is 1.40. The van der Waals surface area contributed by atoms with Crippen molar-refractivity contribution in [3.05, 3.63) is 117 Å². The summed E-state index contributed by atoms with van der Waals surface area (Å²) in [5.41, 5.74) is 0.780. The van der Waals surface area contributed by atoms with Gasteiger partial charge in [-0.2, -0.15) is 0 Å². The fourth-order valence-corrected chi connectivity index (χ4v) is 4.01. The van der Waals surface area contributed by atoms with Gasteiger partial charge in [-0.3, -0.25) is 20.4 Å². The minimum Gasteiger partial charge on any atom is -0.515 e. The average molecular weight is 425 g/mol. The molecule has 0 aromatic heterocycles. The Morgan fingerprint density at radius 3 is 2.16 bits per heavy atom. The van der Waals surface area contributed by atoms with Gasteiger partial charge < -0.3 is 10.4 Å². The minimum atomic E-state index is -0.477. The number of benzene rings is 1. The van der Waals surface area contributed by atoms with Crippen molar-refractivity contribution in [3.63, 3.8) is 0 Å². The lowest BCUT2D eigenvalue weighted by Crippen LogP contribution is -2.38. The van der Waals surface area contributed by atoms with E-state index in [9.17, 15) is 14.7 Å². The normalized spacial score (nSPS) is 13.0. The van der Waals surface area contributed by atoms with Gasteiger partial charge in [-0.25, -0.2) is 0 Å². The summed E-state index contributed by atoms with van der Waals surface area (Å²) in [6, 6.07) is 15.8. The second kappa shape index (κ2) is 8.59. The fraction of sp³-hybridized carbons (Fsp3) is 0.154. The SMILES string of the molecule is CCCCC(Nc1ccccc1)=c1ccc2c(=O)c3c(=N)c(=CO)ccc=3c(=O)c=2c1=N. The molecule has 1 aromatic carbocycles. The number of nitrogens with one attached hydrogen (secondary N) is 3. The quantitative estimate of drug-likeness (QED) is 0.387. The molecule has 160 valence electrons. The molecule has 0 fully saturated rings. The highest BCUT2D eigenvalue weighted by atomic mass is 16.2. The van der Waals surface area contributed by atoms with Crippen LogP contribution in [0.1, 0.15) is 26.2 Å². The highest BCUT2D eigenvalue weighted by molar-refractivity contribution is 5.64. The van der Waals surface area contributed by atoms with Gasteiger partial charge >= 0.3 is 0 Å². The first-order valence-corrected chi connectivity index (χ1v) is 10.5. The number of anilines is 1. The predicted molar refractivity (Wildman–Crippen MR) is 123 cm³/mol. The molecule has 0 bridgehead atoms. The van der Waals surface area contributed by atoms with Crippen molar-refractivity contribution in [2.24, 2.45) is 0 Å². The molecule has 4 N–H and O–H groups in total. The van der Waals surface area contributed by atoms with Gasteiger partial charge in [-0.05, 0) is 43.2 Å². The van der Waals surface area contributed by atoms with Crippen molar-refractivity contribution in [2.75, 3.05) is 5.32 Å². The van der Waals surface area contributed by atoms with Crippen LogP contribution in [0, 0.1) is 31.7 Å². The molecule has 0 aliphatic heterocycles. The van der Waals surface area contributed by atoms with E-state index in [2.05, 4.69) is 12.2 Å². The number of aliphatic hydroxyl groups is 1. The Balaban J connectivity index is 2.15. The summed E-state index contributed by atoms with van der Waals surface area (Å²) in [5.74, 6) is 0. The van der Waals surface area contributed by atoms with Gasteiger partial charge in [0, 0.05) is 32.3 Å². The smallest absolute Gasteiger partial charge is 0.196 e. The first-order valence-electron chi connectivity index (χ1n) is 10.5. The van der Waals surface area contributed by atoms with E-state index >= 15 is 0 Å². The van der Waals surface area contributed by atoms with Gasteiger partial charge in [0.05, 0.1) is 27.4 Å². The number of unbranched alkanes of at least 4 members (excludes halogenated alkanes) is 1. The van der Waals surface area contributed by atoms with Crippen LogP contribution in [-0.2, 0) is 0 Å². The highest BCUT2D eigenvalue weighted by Crippen LogP contribution is 2.13. The van der Waals surface area contributed by atoms with Crippen molar-refractivity contribution in [3.8, 4) is 0 Å². The lowest BCUT2D eigenvalue weighted by atomic mass is 10.0. The Labute approximate surface area is 182 Å². The van der Waals surface area contributed by atoms with E-state index < -0.39 is 10.9 Å². The molecule has 3 aliphatic rings. The van der Waals surface area contributed by atoms with Crippen molar-refractivity contribution in [1.82, 2.24) is 0 Å². The Morgan fingerprint density at radius 1 is 0.906 bits per heavy atom. The van der Waals surface area contributed by atoms with Crippen LogP contribution >= 0.6 is 0 Å². The van der Waals surface area contributed by atoms with E-state index in [4.69, 9.17) is 10.8 Å². The van der Waals surface area contributed by atoms with Gasteiger partial charge in [-0.15, -0.1) is 0 Å². The van der Waals surface area contributed by atoms with Crippen molar-refractivity contribution < 1.29 is 5.11 Å². The third kappa shape index (κ3) is 3.50. The Kier molecular flexibility index (Phi) is 5.69. The Bertz CT molecular complexity index is 1770. The topological polar surface area (TPSA) is 114 Å². The molecular formula is C26H23N3O3. The maximum absolute atomic E-state index is 13.3. The maximum atomic E-state index is 13.3. The maximum Gasteiger partial charge on any atom is 0.196 e. The zero-order chi connectivity index (χ0) is 22.8. The van der Waals surface area contributed by atoms with Crippen LogP contribution in [0.15, 0.2) is 64.2 Å². The lowest BCUT2D eigenvalue weighted by molar-refractivity contribution is 0.539. The molecule has 0 unspecified atom stereocenters. The van der Waals surface area contributed by atoms with E-state index in [0.29, 0.717) is 11.6 Å². The molecule has 1 aromatic rings. The third-order valence-electron chi connectivity index (χ3n) is 5.70. The molecule has 3 aliphatic carbocycles. The number of para-hydroxylation sites is 1. The molecule has 0 heterocycles. The summed E-state index contributed by atoms with van der Waals surface area (Å²) in [6.07, 6.45) is 3.32. The lowest BCUT2D eigenvalue weighted by Gasteiger charge is -2.11. The molecule has 4 rings (SSSR count). The first kappa shape index (κ1) is 21.2. The summed E-state index contributed by atoms with van der Waals surface area (Å²) < 4.78 is 0. The van der Waals surface area contributed by atoms with Gasteiger partial charge in [0.1, 0.15) is 0 Å². The van der Waals surface area contributed by atoms with Crippen molar-refractivity contribution in [2.45, 2.75) is 26.2 Å². The zero-order valence-corrected chi connectivity index (χ0v) is 17.7. The van der Waals surface area contributed by atoms with Gasteiger partial charge in [0.2, 0.25) is 0 Å². The standard InChI is InChI=1S/C26H23N3O3/c1-2-3-9-20(29-16-7-5-4-6-8-16)17-12-13-19-22(24(17)28)26(32)18-11-10-15(14-30)23(27)21(18)25(19)31/h4-8,10-14,27-30H,2-3,9H2,1H3. The van der Waals surface area contributed by atoms with E-state index in [-0.39, 0.29) is 36.8 Å². The number of rotatable bonds is 5. The second-order valence-corrected chi connectivity index (χ2v) is 7.72. The Morgan fingerprint density at radius 2 is 1.53 bits per heavy atom. The summed E-state index contributed by atoms with van der Waals surface area (Å²) in [5, 5.41) is 30.6. The minimum absolute atomic E-state index is 0.00496. The van der Waals surface area contributed by atoms with E-state index in [1.807, 2.05) is 30.3 Å². The molecule has 0 spiro atoms. The molecule has 0 radical (unpaired) electrons. The molecule has 0 amide bonds. The number of aliphatic hydroxyl groups excluding tert-OH is 1. The number of hydrogen-bond donors (Lipinski definition) is 4. The van der Waals surface area contributed by atoms with Crippen molar-refractivity contribution in [1.29, 1.82) is 10.8 Å². The van der Waals surface area contributed by atoms with Crippen LogP contribution in [0.4, 0.5) is 5.69 Å². The van der Waals surface area contributed by atoms with E-state index in [0.717, 1.165) is 30.5 Å². The molecule has 0 atom stereocenters. The molecule has 6 nitrogen and oxygen atoms in total. The summed E-state index contributed by atoms with van der Waals surface area (Å²) in [4.78, 5) is 26.5.